The van der Waals surface area contributed by atoms with E-state index < -0.39 is 0 Å². The number of nitro groups is 1. The minimum Gasteiger partial charge on any atom is -0.388 e. The van der Waals surface area contributed by atoms with Crippen LogP contribution in [-0.2, 0) is 0 Å². The highest BCUT2D eigenvalue weighted by atomic mass is 16.6. The van der Waals surface area contributed by atoms with Gasteiger partial charge in [-0.25, -0.2) is 0 Å². The zero-order valence-electron chi connectivity index (χ0n) is 11.6. The third kappa shape index (κ3) is 3.36. The smallest absolute Gasteiger partial charge is 0.273 e. The molecule has 19 heavy (non-hydrogen) atoms. The van der Waals surface area contributed by atoms with Gasteiger partial charge in [-0.1, -0.05) is 13.3 Å². The normalized spacial score (nSPS) is 14.2. The molecule has 0 aromatic heterocycles. The van der Waals surface area contributed by atoms with E-state index >= 15 is 0 Å². The van der Waals surface area contributed by atoms with Crippen molar-refractivity contribution in [3.63, 3.8) is 0 Å². The Labute approximate surface area is 113 Å². The van der Waals surface area contributed by atoms with Gasteiger partial charge in [-0.3, -0.25) is 10.1 Å². The Kier molecular flexibility index (Phi) is 4.24. The molecule has 0 heterocycles. The molecular weight excluding hydrogens is 242 g/mol. The molecule has 1 saturated carbocycles. The summed E-state index contributed by atoms with van der Waals surface area (Å²) in [6.45, 7) is 3.14. The van der Waals surface area contributed by atoms with Gasteiger partial charge in [0.15, 0.2) is 0 Å². The predicted molar refractivity (Wildman–Crippen MR) is 77.9 cm³/mol. The standard InChI is InChI=1S/C14H21N3O2/c1-3-4-7-16(12-5-6-12)13-8-11(15-2)9-14(10-13)17(18)19/h8-10,12,15H,3-7H2,1-2H3. The Bertz CT molecular complexity index is 458. The summed E-state index contributed by atoms with van der Waals surface area (Å²) in [7, 11) is 1.79. The topological polar surface area (TPSA) is 58.4 Å². The van der Waals surface area contributed by atoms with Crippen LogP contribution in [0.25, 0.3) is 0 Å². The van der Waals surface area contributed by atoms with Crippen LogP contribution in [0.2, 0.25) is 0 Å². The molecule has 0 radical (unpaired) electrons. The number of unbranched alkanes of at least 4 members (excludes halogenated alkanes) is 1. The fourth-order valence-corrected chi connectivity index (χ4v) is 2.25. The first-order chi connectivity index (χ1) is 9.15. The van der Waals surface area contributed by atoms with E-state index in [0.717, 1.165) is 30.8 Å². The van der Waals surface area contributed by atoms with E-state index in [2.05, 4.69) is 17.1 Å². The van der Waals surface area contributed by atoms with Crippen molar-refractivity contribution in [3.05, 3.63) is 28.3 Å². The molecule has 1 aliphatic carbocycles. The van der Waals surface area contributed by atoms with Gasteiger partial charge in [-0.2, -0.15) is 0 Å². The lowest BCUT2D eigenvalue weighted by Gasteiger charge is -2.25. The lowest BCUT2D eigenvalue weighted by atomic mass is 10.2. The molecule has 1 fully saturated rings. The quantitative estimate of drug-likeness (QED) is 0.605. The number of nitrogens with one attached hydrogen (secondary N) is 1. The molecule has 0 spiro atoms. The van der Waals surface area contributed by atoms with Crippen molar-refractivity contribution in [2.24, 2.45) is 0 Å². The number of nitrogens with zero attached hydrogens (tertiary/aromatic N) is 2. The summed E-state index contributed by atoms with van der Waals surface area (Å²) >= 11 is 0. The largest absolute Gasteiger partial charge is 0.388 e. The molecule has 1 aliphatic rings. The van der Waals surface area contributed by atoms with E-state index in [9.17, 15) is 10.1 Å². The monoisotopic (exact) mass is 263 g/mol. The fraction of sp³-hybridized carbons (Fsp3) is 0.571. The number of non-ortho nitro benzene ring substituents is 1. The third-order valence-corrected chi connectivity index (χ3v) is 3.47. The van der Waals surface area contributed by atoms with Crippen molar-refractivity contribution in [1.29, 1.82) is 0 Å². The van der Waals surface area contributed by atoms with Crippen LogP contribution in [0, 0.1) is 10.1 Å². The maximum atomic E-state index is 11.0. The van der Waals surface area contributed by atoms with Crippen LogP contribution in [0.5, 0.6) is 0 Å². The molecule has 0 unspecified atom stereocenters. The molecule has 0 atom stereocenters. The van der Waals surface area contributed by atoms with E-state index in [0.29, 0.717) is 6.04 Å². The van der Waals surface area contributed by atoms with E-state index in [1.54, 1.807) is 19.2 Å². The molecule has 5 nitrogen and oxygen atoms in total. The summed E-state index contributed by atoms with van der Waals surface area (Å²) in [4.78, 5) is 13.0. The van der Waals surface area contributed by atoms with Gasteiger partial charge < -0.3 is 10.2 Å². The molecule has 0 aliphatic heterocycles. The molecule has 5 heteroatoms. The molecule has 1 aromatic carbocycles. The summed E-state index contributed by atoms with van der Waals surface area (Å²) in [5.41, 5.74) is 1.92. The highest BCUT2D eigenvalue weighted by molar-refractivity contribution is 5.65. The van der Waals surface area contributed by atoms with Crippen molar-refractivity contribution < 1.29 is 4.92 Å². The zero-order chi connectivity index (χ0) is 13.8. The Morgan fingerprint density at radius 1 is 1.42 bits per heavy atom. The Hall–Kier alpha value is -1.78. The predicted octanol–water partition coefficient (Wildman–Crippen LogP) is 3.41. The first-order valence-corrected chi connectivity index (χ1v) is 6.89. The van der Waals surface area contributed by atoms with Crippen LogP contribution >= 0.6 is 0 Å². The summed E-state index contributed by atoms with van der Waals surface area (Å²) in [5, 5.41) is 14.0. The van der Waals surface area contributed by atoms with E-state index in [4.69, 9.17) is 0 Å². The molecule has 0 saturated heterocycles. The number of hydrogen-bond donors (Lipinski definition) is 1. The molecular formula is C14H21N3O2. The van der Waals surface area contributed by atoms with Crippen LogP contribution < -0.4 is 10.2 Å². The highest BCUT2D eigenvalue weighted by Gasteiger charge is 2.29. The number of rotatable bonds is 7. The lowest BCUT2D eigenvalue weighted by molar-refractivity contribution is -0.384. The maximum Gasteiger partial charge on any atom is 0.273 e. The molecule has 104 valence electrons. The second kappa shape index (κ2) is 5.91. The second-order valence-corrected chi connectivity index (χ2v) is 5.02. The van der Waals surface area contributed by atoms with Crippen LogP contribution in [0.15, 0.2) is 18.2 Å². The highest BCUT2D eigenvalue weighted by Crippen LogP contribution is 2.35. The molecule has 0 bridgehead atoms. The van der Waals surface area contributed by atoms with Gasteiger partial charge in [0.2, 0.25) is 0 Å². The first-order valence-electron chi connectivity index (χ1n) is 6.89. The maximum absolute atomic E-state index is 11.0. The van der Waals surface area contributed by atoms with Crippen molar-refractivity contribution in [2.45, 2.75) is 38.6 Å². The van der Waals surface area contributed by atoms with Gasteiger partial charge in [-0.05, 0) is 25.3 Å². The number of hydrogen-bond acceptors (Lipinski definition) is 4. The average Bonchev–Trinajstić information content (AvgIpc) is 3.23. The van der Waals surface area contributed by atoms with E-state index in [1.807, 2.05) is 6.07 Å². The van der Waals surface area contributed by atoms with Crippen molar-refractivity contribution in [2.75, 3.05) is 23.8 Å². The van der Waals surface area contributed by atoms with E-state index in [1.165, 1.54) is 12.8 Å². The third-order valence-electron chi connectivity index (χ3n) is 3.47. The van der Waals surface area contributed by atoms with Gasteiger partial charge in [-0.15, -0.1) is 0 Å². The Morgan fingerprint density at radius 3 is 2.68 bits per heavy atom. The van der Waals surface area contributed by atoms with Crippen molar-refractivity contribution >= 4 is 17.1 Å². The van der Waals surface area contributed by atoms with Gasteiger partial charge >= 0.3 is 0 Å². The molecule has 2 rings (SSSR count). The molecule has 1 aromatic rings. The average molecular weight is 263 g/mol. The van der Waals surface area contributed by atoms with Gasteiger partial charge in [0.1, 0.15) is 0 Å². The molecule has 0 amide bonds. The minimum atomic E-state index is -0.324. The summed E-state index contributed by atoms with van der Waals surface area (Å²) in [5.74, 6) is 0. The summed E-state index contributed by atoms with van der Waals surface area (Å²) < 4.78 is 0. The summed E-state index contributed by atoms with van der Waals surface area (Å²) in [6, 6.07) is 5.84. The zero-order valence-corrected chi connectivity index (χ0v) is 11.6. The summed E-state index contributed by atoms with van der Waals surface area (Å²) in [6.07, 6.45) is 4.65. The van der Waals surface area contributed by atoms with Crippen LogP contribution in [-0.4, -0.2) is 24.6 Å². The van der Waals surface area contributed by atoms with Crippen LogP contribution in [0.1, 0.15) is 32.6 Å². The lowest BCUT2D eigenvalue weighted by Crippen LogP contribution is -2.26. The number of benzene rings is 1. The van der Waals surface area contributed by atoms with Crippen molar-refractivity contribution in [1.82, 2.24) is 0 Å². The van der Waals surface area contributed by atoms with Gasteiger partial charge in [0.05, 0.1) is 4.92 Å². The van der Waals surface area contributed by atoms with Crippen molar-refractivity contribution in [3.8, 4) is 0 Å². The minimum absolute atomic E-state index is 0.156. The molecule has 1 N–H and O–H groups in total. The second-order valence-electron chi connectivity index (χ2n) is 5.02. The first kappa shape index (κ1) is 13.6. The Balaban J connectivity index is 2.29. The number of anilines is 2. The van der Waals surface area contributed by atoms with Gasteiger partial charge in [0, 0.05) is 43.1 Å². The van der Waals surface area contributed by atoms with Gasteiger partial charge in [0.25, 0.3) is 5.69 Å². The van der Waals surface area contributed by atoms with Crippen LogP contribution in [0.4, 0.5) is 17.1 Å². The number of nitro benzene ring substituents is 1. The van der Waals surface area contributed by atoms with E-state index in [-0.39, 0.29) is 10.6 Å². The Morgan fingerprint density at radius 2 is 2.16 bits per heavy atom. The fourth-order valence-electron chi connectivity index (χ4n) is 2.25. The van der Waals surface area contributed by atoms with Crippen LogP contribution in [0.3, 0.4) is 0 Å². The SMILES string of the molecule is CCCCN(c1cc(NC)cc([N+](=O)[O-])c1)C1CC1.